The maximum absolute atomic E-state index is 5.88. The van der Waals surface area contributed by atoms with Crippen LogP contribution < -0.4 is 14.8 Å². The first-order valence-corrected chi connectivity index (χ1v) is 7.05. The number of ether oxygens (including phenoxy) is 3. The summed E-state index contributed by atoms with van der Waals surface area (Å²) in [6, 6.07) is 6.71. The van der Waals surface area contributed by atoms with Gasteiger partial charge in [-0.05, 0) is 37.6 Å². The van der Waals surface area contributed by atoms with Crippen LogP contribution in [0, 0.1) is 0 Å². The molecular formula is C15H21NO3. The number of fused-ring (bicyclic) bond motifs is 1. The van der Waals surface area contributed by atoms with Crippen molar-refractivity contribution in [3.63, 3.8) is 0 Å². The van der Waals surface area contributed by atoms with Crippen LogP contribution in [-0.2, 0) is 4.74 Å². The van der Waals surface area contributed by atoms with Crippen LogP contribution >= 0.6 is 0 Å². The molecule has 1 aromatic rings. The number of hydrogen-bond acceptors (Lipinski definition) is 4. The molecule has 1 aromatic carbocycles. The number of hydrogen-bond donors (Lipinski definition) is 1. The lowest BCUT2D eigenvalue weighted by Gasteiger charge is -2.29. The molecule has 2 unspecified atom stereocenters. The van der Waals surface area contributed by atoms with Crippen LogP contribution in [-0.4, -0.2) is 32.9 Å². The number of benzene rings is 1. The lowest BCUT2D eigenvalue weighted by atomic mass is 9.97. The molecule has 2 aliphatic rings. The van der Waals surface area contributed by atoms with Crippen molar-refractivity contribution in [2.75, 3.05) is 26.9 Å². The Bertz CT molecular complexity index is 435. The van der Waals surface area contributed by atoms with Gasteiger partial charge in [-0.3, -0.25) is 0 Å². The van der Waals surface area contributed by atoms with Crippen LogP contribution in [0.3, 0.4) is 0 Å². The molecule has 3 rings (SSSR count). The predicted octanol–water partition coefficient (Wildman–Crippen LogP) is 2.29. The topological polar surface area (TPSA) is 39.7 Å². The highest BCUT2D eigenvalue weighted by Gasteiger charge is 2.24. The summed E-state index contributed by atoms with van der Waals surface area (Å²) in [5.74, 6) is 1.70. The summed E-state index contributed by atoms with van der Waals surface area (Å²) < 4.78 is 17.3. The third-order valence-electron chi connectivity index (χ3n) is 3.84. The van der Waals surface area contributed by atoms with Gasteiger partial charge in [-0.25, -0.2) is 0 Å². The molecule has 104 valence electrons. The molecule has 19 heavy (non-hydrogen) atoms. The van der Waals surface area contributed by atoms with Crippen molar-refractivity contribution in [1.82, 2.24) is 5.32 Å². The highest BCUT2D eigenvalue weighted by atomic mass is 16.5. The largest absolute Gasteiger partial charge is 0.490 e. The lowest BCUT2D eigenvalue weighted by Crippen LogP contribution is -2.33. The maximum Gasteiger partial charge on any atom is 0.161 e. The molecule has 1 fully saturated rings. The number of nitrogens with one attached hydrogen (secondary N) is 1. The summed E-state index contributed by atoms with van der Waals surface area (Å²) in [6.07, 6.45) is 3.18. The van der Waals surface area contributed by atoms with E-state index in [1.54, 1.807) is 0 Å². The summed E-state index contributed by atoms with van der Waals surface area (Å²) in [6.45, 7) is 2.26. The second kappa shape index (κ2) is 5.80. The van der Waals surface area contributed by atoms with E-state index in [1.807, 2.05) is 13.1 Å². The Morgan fingerprint density at radius 1 is 1.11 bits per heavy atom. The summed E-state index contributed by atoms with van der Waals surface area (Å²) >= 11 is 0. The maximum atomic E-state index is 5.88. The lowest BCUT2D eigenvalue weighted by molar-refractivity contribution is 0.00141. The summed E-state index contributed by atoms with van der Waals surface area (Å²) in [5.41, 5.74) is 1.18. The highest BCUT2D eigenvalue weighted by molar-refractivity contribution is 5.44. The average Bonchev–Trinajstić information content (AvgIpc) is 2.71. The van der Waals surface area contributed by atoms with Gasteiger partial charge in [-0.1, -0.05) is 6.07 Å². The molecule has 0 bridgehead atoms. The van der Waals surface area contributed by atoms with E-state index < -0.39 is 0 Å². The van der Waals surface area contributed by atoms with E-state index in [0.717, 1.165) is 50.6 Å². The molecule has 0 amide bonds. The standard InChI is InChI=1S/C15H21NO3/c1-16-12-5-8-19-14(10-12)11-3-4-13-15(9-11)18-7-2-6-17-13/h3-4,9,12,14,16H,2,5-8,10H2,1H3. The van der Waals surface area contributed by atoms with Crippen molar-refractivity contribution >= 4 is 0 Å². The zero-order valence-electron chi connectivity index (χ0n) is 11.4. The van der Waals surface area contributed by atoms with E-state index in [2.05, 4.69) is 17.4 Å². The Kier molecular flexibility index (Phi) is 3.89. The first kappa shape index (κ1) is 12.8. The van der Waals surface area contributed by atoms with Crippen LogP contribution in [0.25, 0.3) is 0 Å². The molecule has 4 nitrogen and oxygen atoms in total. The van der Waals surface area contributed by atoms with Crippen molar-refractivity contribution in [3.8, 4) is 11.5 Å². The Hall–Kier alpha value is -1.26. The van der Waals surface area contributed by atoms with Gasteiger partial charge in [0.2, 0.25) is 0 Å². The third-order valence-corrected chi connectivity index (χ3v) is 3.84. The summed E-state index contributed by atoms with van der Waals surface area (Å²) in [5, 5.41) is 3.34. The van der Waals surface area contributed by atoms with Crippen LogP contribution in [0.1, 0.15) is 30.9 Å². The minimum Gasteiger partial charge on any atom is -0.490 e. The molecule has 0 radical (unpaired) electrons. The molecule has 0 spiro atoms. The van der Waals surface area contributed by atoms with Gasteiger partial charge in [0.15, 0.2) is 11.5 Å². The average molecular weight is 263 g/mol. The van der Waals surface area contributed by atoms with E-state index in [9.17, 15) is 0 Å². The SMILES string of the molecule is CNC1CCOC(c2ccc3c(c2)OCCCO3)C1. The van der Waals surface area contributed by atoms with Gasteiger partial charge in [-0.15, -0.1) is 0 Å². The molecule has 2 atom stereocenters. The third kappa shape index (κ3) is 2.85. The van der Waals surface area contributed by atoms with Crippen molar-refractivity contribution < 1.29 is 14.2 Å². The van der Waals surface area contributed by atoms with Gasteiger partial charge >= 0.3 is 0 Å². The van der Waals surface area contributed by atoms with Gasteiger partial charge in [0.1, 0.15) is 0 Å². The summed E-state index contributed by atoms with van der Waals surface area (Å²) in [7, 11) is 2.01. The van der Waals surface area contributed by atoms with Gasteiger partial charge in [0.05, 0.1) is 19.3 Å². The van der Waals surface area contributed by atoms with Gasteiger partial charge < -0.3 is 19.5 Å². The second-order valence-corrected chi connectivity index (χ2v) is 5.13. The minimum absolute atomic E-state index is 0.156. The fourth-order valence-electron chi connectivity index (χ4n) is 2.67. The molecule has 1 N–H and O–H groups in total. The van der Waals surface area contributed by atoms with Crippen molar-refractivity contribution in [3.05, 3.63) is 23.8 Å². The quantitative estimate of drug-likeness (QED) is 0.888. The fraction of sp³-hybridized carbons (Fsp3) is 0.600. The monoisotopic (exact) mass is 263 g/mol. The normalized spacial score (nSPS) is 26.8. The smallest absolute Gasteiger partial charge is 0.161 e. The Morgan fingerprint density at radius 3 is 2.79 bits per heavy atom. The second-order valence-electron chi connectivity index (χ2n) is 5.13. The molecule has 0 aliphatic carbocycles. The zero-order chi connectivity index (χ0) is 13.1. The van der Waals surface area contributed by atoms with E-state index in [1.165, 1.54) is 5.56 Å². The minimum atomic E-state index is 0.156. The Labute approximate surface area is 114 Å². The summed E-state index contributed by atoms with van der Waals surface area (Å²) in [4.78, 5) is 0. The van der Waals surface area contributed by atoms with E-state index in [-0.39, 0.29) is 6.10 Å². The van der Waals surface area contributed by atoms with Gasteiger partial charge in [-0.2, -0.15) is 0 Å². The first-order valence-electron chi connectivity index (χ1n) is 7.05. The Balaban J connectivity index is 1.79. The van der Waals surface area contributed by atoms with Crippen molar-refractivity contribution in [2.24, 2.45) is 0 Å². The fourth-order valence-corrected chi connectivity index (χ4v) is 2.67. The van der Waals surface area contributed by atoms with Crippen LogP contribution in [0.5, 0.6) is 11.5 Å². The van der Waals surface area contributed by atoms with E-state index >= 15 is 0 Å². The van der Waals surface area contributed by atoms with E-state index in [0.29, 0.717) is 6.04 Å². The van der Waals surface area contributed by atoms with Gasteiger partial charge in [0.25, 0.3) is 0 Å². The van der Waals surface area contributed by atoms with E-state index in [4.69, 9.17) is 14.2 Å². The zero-order valence-corrected chi connectivity index (χ0v) is 11.4. The first-order chi connectivity index (χ1) is 9.36. The van der Waals surface area contributed by atoms with Crippen molar-refractivity contribution in [1.29, 1.82) is 0 Å². The highest BCUT2D eigenvalue weighted by Crippen LogP contribution is 2.35. The van der Waals surface area contributed by atoms with Crippen LogP contribution in [0.2, 0.25) is 0 Å². The predicted molar refractivity (Wildman–Crippen MR) is 72.8 cm³/mol. The molecular weight excluding hydrogens is 242 g/mol. The molecule has 4 heteroatoms. The molecule has 2 aliphatic heterocycles. The Morgan fingerprint density at radius 2 is 1.95 bits per heavy atom. The van der Waals surface area contributed by atoms with Crippen molar-refractivity contribution in [2.45, 2.75) is 31.4 Å². The number of rotatable bonds is 2. The van der Waals surface area contributed by atoms with Crippen LogP contribution in [0.4, 0.5) is 0 Å². The molecule has 0 saturated carbocycles. The molecule has 0 aromatic heterocycles. The van der Waals surface area contributed by atoms with Crippen LogP contribution in [0.15, 0.2) is 18.2 Å². The van der Waals surface area contributed by atoms with Gasteiger partial charge in [0, 0.05) is 19.1 Å². The molecule has 1 saturated heterocycles. The molecule has 2 heterocycles.